The first-order valence-electron chi connectivity index (χ1n) is 4.90. The first-order valence-corrected chi connectivity index (χ1v) is 6.42. The maximum Gasteiger partial charge on any atom is 0.0844 e. The molecular formula is C12H9Cl5N2. The van der Waals surface area contributed by atoms with Crippen molar-refractivity contribution in [3.63, 3.8) is 0 Å². The van der Waals surface area contributed by atoms with Gasteiger partial charge in [0.25, 0.3) is 0 Å². The zero-order valence-corrected chi connectivity index (χ0v) is 13.2. The molecule has 4 N–H and O–H groups in total. The summed E-state index contributed by atoms with van der Waals surface area (Å²) in [7, 11) is 0. The molecule has 0 unspecified atom stereocenters. The molecule has 2 aromatic rings. The molecule has 0 spiro atoms. The summed E-state index contributed by atoms with van der Waals surface area (Å²) in [5.74, 6) is 0. The monoisotopic (exact) mass is 356 g/mol. The van der Waals surface area contributed by atoms with Crippen molar-refractivity contribution in [2.24, 2.45) is 0 Å². The van der Waals surface area contributed by atoms with E-state index < -0.39 is 0 Å². The van der Waals surface area contributed by atoms with Crippen LogP contribution in [-0.4, -0.2) is 0 Å². The summed E-state index contributed by atoms with van der Waals surface area (Å²) in [4.78, 5) is 0. The van der Waals surface area contributed by atoms with E-state index in [1.54, 1.807) is 24.3 Å². The summed E-state index contributed by atoms with van der Waals surface area (Å²) in [5, 5.41) is 0.928. The van der Waals surface area contributed by atoms with E-state index in [-0.39, 0.29) is 38.2 Å². The third-order valence-electron chi connectivity index (χ3n) is 2.50. The van der Waals surface area contributed by atoms with Crippen LogP contribution in [0.2, 0.25) is 20.1 Å². The molecule has 0 aliphatic heterocycles. The lowest BCUT2D eigenvalue weighted by Crippen LogP contribution is -1.93. The van der Waals surface area contributed by atoms with Gasteiger partial charge in [-0.05, 0) is 17.7 Å². The molecule has 19 heavy (non-hydrogen) atoms. The average Bonchev–Trinajstić information content (AvgIpc) is 2.36. The van der Waals surface area contributed by atoms with Crippen LogP contribution < -0.4 is 11.5 Å². The van der Waals surface area contributed by atoms with Gasteiger partial charge in [-0.2, -0.15) is 0 Å². The maximum atomic E-state index is 6.16. The highest BCUT2D eigenvalue weighted by Gasteiger charge is 2.19. The lowest BCUT2D eigenvalue weighted by Gasteiger charge is -2.13. The molecule has 0 aromatic heterocycles. The highest BCUT2D eigenvalue weighted by molar-refractivity contribution is 6.52. The van der Waals surface area contributed by atoms with Crippen LogP contribution in [0.1, 0.15) is 0 Å². The van der Waals surface area contributed by atoms with Crippen molar-refractivity contribution < 1.29 is 0 Å². The third-order valence-corrected chi connectivity index (χ3v) is 4.23. The summed E-state index contributed by atoms with van der Waals surface area (Å²) in [5.41, 5.74) is 13.5. The predicted octanol–water partition coefficient (Wildman–Crippen LogP) is 5.55. The zero-order chi connectivity index (χ0) is 13.4. The Hall–Kier alpha value is -0.510. The first kappa shape index (κ1) is 16.5. The van der Waals surface area contributed by atoms with E-state index in [1.165, 1.54) is 0 Å². The molecule has 0 aliphatic rings. The summed E-state index contributed by atoms with van der Waals surface area (Å²) < 4.78 is 0. The van der Waals surface area contributed by atoms with E-state index in [0.717, 1.165) is 5.56 Å². The minimum absolute atomic E-state index is 0. The van der Waals surface area contributed by atoms with Crippen LogP contribution in [0.15, 0.2) is 24.3 Å². The normalized spacial score (nSPS) is 10.1. The van der Waals surface area contributed by atoms with Gasteiger partial charge in [-0.1, -0.05) is 58.5 Å². The molecule has 2 nitrogen and oxygen atoms in total. The predicted molar refractivity (Wildman–Crippen MR) is 88.0 cm³/mol. The molecule has 7 heteroatoms. The van der Waals surface area contributed by atoms with Gasteiger partial charge in [0.1, 0.15) is 0 Å². The van der Waals surface area contributed by atoms with Crippen molar-refractivity contribution in [3.8, 4) is 11.1 Å². The first-order chi connectivity index (χ1) is 8.43. The minimum Gasteiger partial charge on any atom is -0.399 e. The van der Waals surface area contributed by atoms with Crippen LogP contribution in [0.3, 0.4) is 0 Å². The Morgan fingerprint density at radius 3 is 1.53 bits per heavy atom. The fourth-order valence-corrected chi connectivity index (χ4v) is 2.64. The number of benzene rings is 2. The van der Waals surface area contributed by atoms with Crippen LogP contribution in [0.25, 0.3) is 11.1 Å². The molecule has 0 bridgehead atoms. The summed E-state index contributed by atoms with van der Waals surface area (Å²) in [6.45, 7) is 0. The van der Waals surface area contributed by atoms with E-state index in [9.17, 15) is 0 Å². The van der Waals surface area contributed by atoms with Gasteiger partial charge in [0.05, 0.1) is 25.8 Å². The molecule has 0 saturated carbocycles. The lowest BCUT2D eigenvalue weighted by molar-refractivity contribution is 1.60. The number of halogens is 5. The second-order valence-electron chi connectivity index (χ2n) is 3.67. The fourth-order valence-electron chi connectivity index (χ4n) is 1.55. The molecule has 2 aromatic carbocycles. The van der Waals surface area contributed by atoms with Crippen molar-refractivity contribution in [3.05, 3.63) is 44.4 Å². The highest BCUT2D eigenvalue weighted by Crippen LogP contribution is 2.47. The van der Waals surface area contributed by atoms with E-state index in [4.69, 9.17) is 57.9 Å². The van der Waals surface area contributed by atoms with Crippen LogP contribution >= 0.6 is 58.8 Å². The number of rotatable bonds is 1. The maximum absolute atomic E-state index is 6.16. The molecule has 0 saturated heterocycles. The van der Waals surface area contributed by atoms with Gasteiger partial charge in [0.2, 0.25) is 0 Å². The van der Waals surface area contributed by atoms with Crippen molar-refractivity contribution >= 4 is 70.2 Å². The lowest BCUT2D eigenvalue weighted by atomic mass is 10.0. The largest absolute Gasteiger partial charge is 0.399 e. The number of hydrogen-bond acceptors (Lipinski definition) is 2. The summed E-state index contributed by atoms with van der Waals surface area (Å²) >= 11 is 24.4. The summed E-state index contributed by atoms with van der Waals surface area (Å²) in [6, 6.07) is 7.04. The van der Waals surface area contributed by atoms with E-state index in [1.807, 2.05) is 0 Å². The smallest absolute Gasteiger partial charge is 0.0844 e. The van der Waals surface area contributed by atoms with Crippen LogP contribution in [0.4, 0.5) is 11.4 Å². The topological polar surface area (TPSA) is 52.0 Å². The molecule has 0 aliphatic carbocycles. The summed E-state index contributed by atoms with van der Waals surface area (Å²) in [6.07, 6.45) is 0. The van der Waals surface area contributed by atoms with Crippen molar-refractivity contribution in [2.45, 2.75) is 0 Å². The van der Waals surface area contributed by atoms with E-state index in [0.29, 0.717) is 11.3 Å². The van der Waals surface area contributed by atoms with Crippen molar-refractivity contribution in [1.82, 2.24) is 0 Å². The van der Waals surface area contributed by atoms with Gasteiger partial charge in [0.15, 0.2) is 0 Å². The average molecular weight is 358 g/mol. The molecule has 0 amide bonds. The number of anilines is 2. The Bertz CT molecular complexity index is 582. The van der Waals surface area contributed by atoms with E-state index in [2.05, 4.69) is 0 Å². The van der Waals surface area contributed by atoms with Gasteiger partial charge < -0.3 is 11.5 Å². The SMILES string of the molecule is Cl.Nc1ccc(-c2c(Cl)c(Cl)c(N)c(Cl)c2Cl)cc1. The van der Waals surface area contributed by atoms with Crippen LogP contribution in [0.5, 0.6) is 0 Å². The van der Waals surface area contributed by atoms with Gasteiger partial charge in [-0.3, -0.25) is 0 Å². The second-order valence-corrected chi connectivity index (χ2v) is 5.18. The van der Waals surface area contributed by atoms with Gasteiger partial charge >= 0.3 is 0 Å². The number of nitrogen functional groups attached to an aromatic ring is 2. The van der Waals surface area contributed by atoms with Gasteiger partial charge in [0, 0.05) is 11.3 Å². The standard InChI is InChI=1S/C12H8Cl4N2.ClH/c13-8-7(5-1-3-6(17)4-2-5)9(14)11(16)12(18)10(8)15;/h1-4H,17-18H2;1H. The Kier molecular flexibility index (Phi) is 5.48. The van der Waals surface area contributed by atoms with E-state index >= 15 is 0 Å². The molecule has 0 atom stereocenters. The Labute approximate surface area is 137 Å². The third kappa shape index (κ3) is 2.99. The Balaban J connectivity index is 0.00000180. The van der Waals surface area contributed by atoms with Crippen LogP contribution in [-0.2, 0) is 0 Å². The quantitative estimate of drug-likeness (QED) is 0.518. The Morgan fingerprint density at radius 2 is 1.11 bits per heavy atom. The molecular weight excluding hydrogens is 349 g/mol. The van der Waals surface area contributed by atoms with Gasteiger partial charge in [-0.25, -0.2) is 0 Å². The minimum atomic E-state index is 0. The highest BCUT2D eigenvalue weighted by atomic mass is 35.5. The number of nitrogens with two attached hydrogens (primary N) is 2. The van der Waals surface area contributed by atoms with Crippen molar-refractivity contribution in [2.75, 3.05) is 11.5 Å². The van der Waals surface area contributed by atoms with Gasteiger partial charge in [-0.15, -0.1) is 12.4 Å². The Morgan fingerprint density at radius 1 is 0.684 bits per heavy atom. The number of hydrogen-bond donors (Lipinski definition) is 2. The second kappa shape index (κ2) is 6.29. The van der Waals surface area contributed by atoms with Crippen LogP contribution in [0, 0.1) is 0 Å². The molecule has 102 valence electrons. The fraction of sp³-hybridized carbons (Fsp3) is 0. The zero-order valence-electron chi connectivity index (χ0n) is 9.38. The molecule has 2 rings (SSSR count). The molecule has 0 radical (unpaired) electrons. The molecule has 0 fully saturated rings. The molecule has 0 heterocycles. The van der Waals surface area contributed by atoms with Crippen molar-refractivity contribution in [1.29, 1.82) is 0 Å².